The lowest BCUT2D eigenvalue weighted by Crippen LogP contribution is -2.24. The molecule has 0 amide bonds. The molecular formula is C16H26O4S. The normalized spacial score (nSPS) is 22.0. The van der Waals surface area contributed by atoms with E-state index < -0.39 is 4.75 Å². The quantitative estimate of drug-likeness (QED) is 0.453. The zero-order valence-electron chi connectivity index (χ0n) is 13.5. The summed E-state index contributed by atoms with van der Waals surface area (Å²) in [4.78, 5) is 23.8. The monoisotopic (exact) mass is 314 g/mol. The molecule has 5 heteroatoms. The van der Waals surface area contributed by atoms with Crippen molar-refractivity contribution in [1.82, 2.24) is 0 Å². The number of unbranched alkanes of at least 4 members (excludes halogenated alkanes) is 2. The molecular weight excluding hydrogens is 288 g/mol. The molecule has 1 aliphatic rings. The highest BCUT2D eigenvalue weighted by molar-refractivity contribution is 8.15. The minimum absolute atomic E-state index is 0.0297. The van der Waals surface area contributed by atoms with Crippen molar-refractivity contribution in [1.29, 1.82) is 0 Å². The SMILES string of the molecule is CCCCCC(=O)CCC1(C)SC(=O)C(C)=C1OCOC. The molecule has 0 aromatic heterocycles. The number of rotatable bonds is 10. The first kappa shape index (κ1) is 18.2. The van der Waals surface area contributed by atoms with Gasteiger partial charge in [0.1, 0.15) is 11.5 Å². The van der Waals surface area contributed by atoms with Gasteiger partial charge in [0.05, 0.1) is 4.75 Å². The Hall–Kier alpha value is -0.810. The minimum Gasteiger partial charge on any atom is -0.470 e. The highest BCUT2D eigenvalue weighted by atomic mass is 32.2. The molecule has 0 bridgehead atoms. The first-order valence-corrected chi connectivity index (χ1v) is 8.34. The van der Waals surface area contributed by atoms with E-state index in [0.29, 0.717) is 30.6 Å². The van der Waals surface area contributed by atoms with Crippen LogP contribution < -0.4 is 0 Å². The van der Waals surface area contributed by atoms with E-state index in [1.54, 1.807) is 14.0 Å². The fourth-order valence-corrected chi connectivity index (χ4v) is 3.60. The first-order valence-electron chi connectivity index (χ1n) is 7.52. The Balaban J connectivity index is 2.59. The number of hydrogen-bond donors (Lipinski definition) is 0. The van der Waals surface area contributed by atoms with Crippen LogP contribution in [-0.2, 0) is 19.1 Å². The Bertz CT molecular complexity index is 417. The van der Waals surface area contributed by atoms with Gasteiger partial charge >= 0.3 is 0 Å². The molecule has 0 radical (unpaired) electrons. The molecule has 1 unspecified atom stereocenters. The van der Waals surface area contributed by atoms with Crippen molar-refractivity contribution >= 4 is 22.7 Å². The van der Waals surface area contributed by atoms with Gasteiger partial charge in [-0.25, -0.2) is 0 Å². The molecule has 1 rings (SSSR count). The minimum atomic E-state index is -0.444. The second kappa shape index (κ2) is 8.59. The van der Waals surface area contributed by atoms with Crippen molar-refractivity contribution in [2.45, 2.75) is 64.0 Å². The lowest BCUT2D eigenvalue weighted by molar-refractivity contribution is -0.119. The maximum absolute atomic E-state index is 11.9. The van der Waals surface area contributed by atoms with E-state index >= 15 is 0 Å². The average Bonchev–Trinajstić information content (AvgIpc) is 2.66. The van der Waals surface area contributed by atoms with Crippen LogP contribution in [0.4, 0.5) is 0 Å². The summed E-state index contributed by atoms with van der Waals surface area (Å²) in [6, 6.07) is 0. The summed E-state index contributed by atoms with van der Waals surface area (Å²) in [5.41, 5.74) is 0.637. The molecule has 0 saturated heterocycles. The number of Topliss-reactive ketones (excluding diaryl/α,β-unsaturated/α-hetero) is 1. The van der Waals surface area contributed by atoms with E-state index in [2.05, 4.69) is 6.92 Å². The van der Waals surface area contributed by atoms with Gasteiger partial charge in [-0.3, -0.25) is 9.59 Å². The molecule has 0 fully saturated rings. The van der Waals surface area contributed by atoms with Crippen molar-refractivity contribution in [2.75, 3.05) is 13.9 Å². The van der Waals surface area contributed by atoms with Crippen molar-refractivity contribution in [2.24, 2.45) is 0 Å². The van der Waals surface area contributed by atoms with E-state index in [-0.39, 0.29) is 17.7 Å². The second-order valence-electron chi connectivity index (χ2n) is 5.62. The van der Waals surface area contributed by atoms with Crippen LogP contribution in [0, 0.1) is 0 Å². The summed E-state index contributed by atoms with van der Waals surface area (Å²) in [7, 11) is 1.55. The zero-order valence-corrected chi connectivity index (χ0v) is 14.3. The summed E-state index contributed by atoms with van der Waals surface area (Å²) in [6.07, 6.45) is 4.93. The third-order valence-corrected chi connectivity index (χ3v) is 5.04. The Morgan fingerprint density at radius 1 is 1.29 bits per heavy atom. The summed E-state index contributed by atoms with van der Waals surface area (Å²) < 4.78 is 10.1. The van der Waals surface area contributed by atoms with Crippen LogP contribution >= 0.6 is 11.8 Å². The number of hydrogen-bond acceptors (Lipinski definition) is 5. The number of ketones is 1. The maximum atomic E-state index is 11.9. The van der Waals surface area contributed by atoms with Crippen LogP contribution in [0.2, 0.25) is 0 Å². The topological polar surface area (TPSA) is 52.6 Å². The van der Waals surface area contributed by atoms with Crippen molar-refractivity contribution in [3.8, 4) is 0 Å². The fourth-order valence-electron chi connectivity index (χ4n) is 2.44. The Morgan fingerprint density at radius 3 is 2.62 bits per heavy atom. The average molecular weight is 314 g/mol. The lowest BCUT2D eigenvalue weighted by atomic mass is 9.96. The smallest absolute Gasteiger partial charge is 0.219 e. The molecule has 0 aromatic rings. The van der Waals surface area contributed by atoms with Crippen molar-refractivity contribution < 1.29 is 19.1 Å². The van der Waals surface area contributed by atoms with E-state index in [9.17, 15) is 9.59 Å². The molecule has 4 nitrogen and oxygen atoms in total. The summed E-state index contributed by atoms with van der Waals surface area (Å²) in [5.74, 6) is 0.939. The third kappa shape index (κ3) is 5.15. The van der Waals surface area contributed by atoms with Crippen molar-refractivity contribution in [3.63, 3.8) is 0 Å². The van der Waals surface area contributed by atoms with Gasteiger partial charge in [0.2, 0.25) is 5.12 Å². The fraction of sp³-hybridized carbons (Fsp3) is 0.750. The van der Waals surface area contributed by atoms with Crippen LogP contribution in [-0.4, -0.2) is 29.5 Å². The molecule has 120 valence electrons. The van der Waals surface area contributed by atoms with Gasteiger partial charge in [-0.2, -0.15) is 0 Å². The van der Waals surface area contributed by atoms with Crippen molar-refractivity contribution in [3.05, 3.63) is 11.3 Å². The van der Waals surface area contributed by atoms with E-state index in [1.807, 2.05) is 6.92 Å². The molecule has 0 saturated carbocycles. The van der Waals surface area contributed by atoms with Gasteiger partial charge in [0.25, 0.3) is 0 Å². The standard InChI is InChI=1S/C16H26O4S/c1-5-6-7-8-13(17)9-10-16(3)14(20-11-19-4)12(2)15(18)21-16/h5-11H2,1-4H3. The van der Waals surface area contributed by atoms with Crippen LogP contribution in [0.5, 0.6) is 0 Å². The van der Waals surface area contributed by atoms with Crippen LogP contribution in [0.1, 0.15) is 59.3 Å². The van der Waals surface area contributed by atoms with E-state index in [0.717, 1.165) is 19.3 Å². The van der Waals surface area contributed by atoms with E-state index in [4.69, 9.17) is 9.47 Å². The molecule has 1 aliphatic heterocycles. The maximum Gasteiger partial charge on any atom is 0.219 e. The predicted molar refractivity (Wildman–Crippen MR) is 85.0 cm³/mol. The molecule has 0 spiro atoms. The first-order chi connectivity index (χ1) is 9.94. The lowest BCUT2D eigenvalue weighted by Gasteiger charge is -2.25. The van der Waals surface area contributed by atoms with Gasteiger partial charge in [0.15, 0.2) is 6.79 Å². The largest absolute Gasteiger partial charge is 0.470 e. The molecule has 0 N–H and O–H groups in total. The molecule has 1 atom stereocenters. The molecule has 21 heavy (non-hydrogen) atoms. The number of carbonyl (C=O) groups excluding carboxylic acids is 2. The highest BCUT2D eigenvalue weighted by Crippen LogP contribution is 2.47. The van der Waals surface area contributed by atoms with Crippen LogP contribution in [0.3, 0.4) is 0 Å². The Kier molecular flexibility index (Phi) is 7.46. The Labute approximate surface area is 131 Å². The van der Waals surface area contributed by atoms with E-state index in [1.165, 1.54) is 11.8 Å². The van der Waals surface area contributed by atoms with Crippen LogP contribution in [0.25, 0.3) is 0 Å². The van der Waals surface area contributed by atoms with Gasteiger partial charge in [-0.05, 0) is 26.7 Å². The van der Waals surface area contributed by atoms with Gasteiger partial charge in [-0.1, -0.05) is 31.5 Å². The number of ether oxygens (including phenoxy) is 2. The predicted octanol–water partition coefficient (Wildman–Crippen LogP) is 3.84. The van der Waals surface area contributed by atoms with Crippen LogP contribution in [0.15, 0.2) is 11.3 Å². The van der Waals surface area contributed by atoms with Gasteiger partial charge in [-0.15, -0.1) is 0 Å². The zero-order chi connectivity index (χ0) is 15.9. The third-order valence-electron chi connectivity index (χ3n) is 3.71. The summed E-state index contributed by atoms with van der Waals surface area (Å²) in [6.45, 7) is 5.99. The summed E-state index contributed by atoms with van der Waals surface area (Å²) >= 11 is 1.26. The van der Waals surface area contributed by atoms with Gasteiger partial charge in [0, 0.05) is 25.5 Å². The molecule has 0 aliphatic carbocycles. The van der Waals surface area contributed by atoms with Gasteiger partial charge < -0.3 is 9.47 Å². The Morgan fingerprint density at radius 2 is 2.00 bits per heavy atom. The molecule has 1 heterocycles. The second-order valence-corrected chi connectivity index (χ2v) is 7.10. The number of methoxy groups -OCH3 is 1. The number of thioether (sulfide) groups is 1. The number of carbonyl (C=O) groups is 2. The summed E-state index contributed by atoms with van der Waals surface area (Å²) in [5, 5.41) is 0.0297. The highest BCUT2D eigenvalue weighted by Gasteiger charge is 2.43. The molecule has 0 aromatic carbocycles.